The maximum absolute atomic E-state index is 11.8. The number of rotatable bonds is 6. The molecular formula is C16H13BrN4O4. The number of non-ortho nitro benzene ring substituents is 1. The molecule has 1 amide bonds. The van der Waals surface area contributed by atoms with E-state index in [2.05, 4.69) is 26.2 Å². The van der Waals surface area contributed by atoms with Gasteiger partial charge < -0.3 is 14.5 Å². The molecule has 8 nitrogen and oxygen atoms in total. The Labute approximate surface area is 150 Å². The van der Waals surface area contributed by atoms with Crippen molar-refractivity contribution >= 4 is 33.2 Å². The van der Waals surface area contributed by atoms with Gasteiger partial charge in [-0.2, -0.15) is 0 Å². The van der Waals surface area contributed by atoms with E-state index in [0.717, 1.165) is 15.8 Å². The van der Waals surface area contributed by atoms with Crippen molar-refractivity contribution in [3.05, 3.63) is 69.1 Å². The van der Waals surface area contributed by atoms with Gasteiger partial charge in [-0.25, -0.2) is 4.98 Å². The number of nitrogens with zero attached hydrogens (tertiary/aromatic N) is 3. The summed E-state index contributed by atoms with van der Waals surface area (Å²) in [6.45, 7) is 0.0957. The monoisotopic (exact) mass is 404 g/mol. The highest BCUT2D eigenvalue weighted by molar-refractivity contribution is 9.10. The number of carbonyl (C=O) groups excluding carboxylic acids is 1. The van der Waals surface area contributed by atoms with E-state index in [9.17, 15) is 14.9 Å². The molecule has 0 saturated carbocycles. The van der Waals surface area contributed by atoms with E-state index in [4.69, 9.17) is 4.74 Å². The first-order valence-corrected chi connectivity index (χ1v) is 8.07. The highest BCUT2D eigenvalue weighted by Crippen LogP contribution is 2.17. The van der Waals surface area contributed by atoms with Gasteiger partial charge in [0.1, 0.15) is 11.4 Å². The van der Waals surface area contributed by atoms with Gasteiger partial charge in [-0.3, -0.25) is 14.9 Å². The predicted octanol–water partition coefficient (Wildman–Crippen LogP) is 2.70. The maximum atomic E-state index is 11.8. The Bertz CT molecular complexity index is 924. The zero-order chi connectivity index (χ0) is 17.8. The summed E-state index contributed by atoms with van der Waals surface area (Å²) >= 11 is 3.39. The van der Waals surface area contributed by atoms with Gasteiger partial charge in [0.05, 0.1) is 17.2 Å². The summed E-state index contributed by atoms with van der Waals surface area (Å²) in [6, 6.07) is 9.30. The van der Waals surface area contributed by atoms with Crippen LogP contribution in [0.3, 0.4) is 0 Å². The third-order valence-corrected chi connectivity index (χ3v) is 3.82. The van der Waals surface area contributed by atoms with Gasteiger partial charge in [0.2, 0.25) is 0 Å². The van der Waals surface area contributed by atoms with E-state index in [1.54, 1.807) is 0 Å². The Hall–Kier alpha value is -2.94. The number of nitrogens with one attached hydrogen (secondary N) is 1. The lowest BCUT2D eigenvalue weighted by molar-refractivity contribution is -0.384. The van der Waals surface area contributed by atoms with Gasteiger partial charge in [0.15, 0.2) is 6.61 Å². The molecule has 0 unspecified atom stereocenters. The fourth-order valence-corrected chi connectivity index (χ4v) is 2.51. The smallest absolute Gasteiger partial charge is 0.269 e. The van der Waals surface area contributed by atoms with Crippen LogP contribution in [0.2, 0.25) is 0 Å². The number of carbonyl (C=O) groups is 1. The number of amides is 1. The fraction of sp³-hybridized carbons (Fsp3) is 0.125. The number of benzene rings is 1. The Morgan fingerprint density at radius 1 is 1.24 bits per heavy atom. The first-order chi connectivity index (χ1) is 12.0. The van der Waals surface area contributed by atoms with Crippen molar-refractivity contribution in [1.82, 2.24) is 14.7 Å². The fourth-order valence-electron chi connectivity index (χ4n) is 2.16. The molecule has 0 aliphatic rings. The van der Waals surface area contributed by atoms with Crippen LogP contribution in [0.5, 0.6) is 5.75 Å². The van der Waals surface area contributed by atoms with Crippen molar-refractivity contribution in [3.8, 4) is 5.75 Å². The highest BCUT2D eigenvalue weighted by Gasteiger charge is 2.08. The van der Waals surface area contributed by atoms with Crippen LogP contribution in [-0.4, -0.2) is 26.8 Å². The largest absolute Gasteiger partial charge is 0.484 e. The number of aromatic nitrogens is 2. The molecule has 128 valence electrons. The van der Waals surface area contributed by atoms with Crippen LogP contribution >= 0.6 is 15.9 Å². The van der Waals surface area contributed by atoms with Crippen LogP contribution in [0, 0.1) is 10.1 Å². The number of hydrogen-bond acceptors (Lipinski definition) is 5. The summed E-state index contributed by atoms with van der Waals surface area (Å²) in [4.78, 5) is 26.3. The topological polar surface area (TPSA) is 98.8 Å². The van der Waals surface area contributed by atoms with Crippen LogP contribution in [0.15, 0.2) is 53.3 Å². The van der Waals surface area contributed by atoms with Crippen LogP contribution < -0.4 is 10.1 Å². The Morgan fingerprint density at radius 3 is 2.72 bits per heavy atom. The van der Waals surface area contributed by atoms with Gasteiger partial charge >= 0.3 is 0 Å². The molecule has 0 saturated heterocycles. The summed E-state index contributed by atoms with van der Waals surface area (Å²) in [5.74, 6) is 0.0786. The Balaban J connectivity index is 1.51. The molecule has 3 rings (SSSR count). The second-order valence-electron chi connectivity index (χ2n) is 5.16. The summed E-state index contributed by atoms with van der Waals surface area (Å²) in [5.41, 5.74) is 1.48. The van der Waals surface area contributed by atoms with Crippen LogP contribution in [0.1, 0.15) is 5.69 Å². The number of ether oxygens (including phenoxy) is 1. The normalized spacial score (nSPS) is 10.6. The van der Waals surface area contributed by atoms with Crippen molar-refractivity contribution in [2.24, 2.45) is 0 Å². The van der Waals surface area contributed by atoms with Crippen LogP contribution in [0.4, 0.5) is 5.69 Å². The molecule has 0 radical (unpaired) electrons. The predicted molar refractivity (Wildman–Crippen MR) is 93.3 cm³/mol. The van der Waals surface area contributed by atoms with Gasteiger partial charge in [0, 0.05) is 29.0 Å². The number of nitro groups is 1. The standard InChI is InChI=1S/C16H13BrN4O4/c17-11-1-6-15-19-12(9-20(15)8-11)7-18-16(22)10-25-14-4-2-13(3-5-14)21(23)24/h1-6,8-9H,7,10H2,(H,18,22). The second kappa shape index (κ2) is 7.31. The molecule has 0 bridgehead atoms. The molecule has 0 aliphatic carbocycles. The number of imidazole rings is 1. The molecular weight excluding hydrogens is 392 g/mol. The van der Waals surface area contributed by atoms with Crippen molar-refractivity contribution in [3.63, 3.8) is 0 Å². The molecule has 0 atom stereocenters. The molecule has 2 aromatic heterocycles. The molecule has 1 N–H and O–H groups in total. The summed E-state index contributed by atoms with van der Waals surface area (Å²) in [5, 5.41) is 13.3. The van der Waals surface area contributed by atoms with Crippen molar-refractivity contribution in [1.29, 1.82) is 0 Å². The van der Waals surface area contributed by atoms with Crippen molar-refractivity contribution < 1.29 is 14.5 Å². The first kappa shape index (κ1) is 16.9. The maximum Gasteiger partial charge on any atom is 0.269 e. The summed E-state index contributed by atoms with van der Waals surface area (Å²) in [6.07, 6.45) is 3.71. The number of pyridine rings is 1. The van der Waals surface area contributed by atoms with E-state index in [-0.39, 0.29) is 24.7 Å². The van der Waals surface area contributed by atoms with Crippen LogP contribution in [0.25, 0.3) is 5.65 Å². The SMILES string of the molecule is O=C(COc1ccc([N+](=O)[O-])cc1)NCc1cn2cc(Br)ccc2n1. The lowest BCUT2D eigenvalue weighted by Gasteiger charge is -2.06. The summed E-state index contributed by atoms with van der Waals surface area (Å²) in [7, 11) is 0. The van der Waals surface area contributed by atoms with E-state index >= 15 is 0 Å². The molecule has 1 aromatic carbocycles. The van der Waals surface area contributed by atoms with Gasteiger partial charge in [0.25, 0.3) is 11.6 Å². The Morgan fingerprint density at radius 2 is 2.00 bits per heavy atom. The van der Waals surface area contributed by atoms with E-state index in [1.165, 1.54) is 24.3 Å². The van der Waals surface area contributed by atoms with Crippen molar-refractivity contribution in [2.45, 2.75) is 6.54 Å². The lowest BCUT2D eigenvalue weighted by Crippen LogP contribution is -2.28. The van der Waals surface area contributed by atoms with Crippen molar-refractivity contribution in [2.75, 3.05) is 6.61 Å². The van der Waals surface area contributed by atoms with E-state index in [1.807, 2.05) is 28.9 Å². The molecule has 25 heavy (non-hydrogen) atoms. The summed E-state index contributed by atoms with van der Waals surface area (Å²) < 4.78 is 8.09. The second-order valence-corrected chi connectivity index (χ2v) is 6.08. The lowest BCUT2D eigenvalue weighted by atomic mass is 10.3. The number of nitro benzene ring substituents is 1. The third kappa shape index (κ3) is 4.32. The molecule has 0 spiro atoms. The van der Waals surface area contributed by atoms with E-state index < -0.39 is 4.92 Å². The molecule has 2 heterocycles. The van der Waals surface area contributed by atoms with E-state index in [0.29, 0.717) is 5.75 Å². The van der Waals surface area contributed by atoms with Crippen LogP contribution in [-0.2, 0) is 11.3 Å². The zero-order valence-corrected chi connectivity index (χ0v) is 14.5. The van der Waals surface area contributed by atoms with Gasteiger partial charge in [-0.1, -0.05) is 0 Å². The quantitative estimate of drug-likeness (QED) is 0.502. The highest BCUT2D eigenvalue weighted by atomic mass is 79.9. The zero-order valence-electron chi connectivity index (χ0n) is 12.9. The number of halogens is 1. The van der Waals surface area contributed by atoms with Gasteiger partial charge in [-0.05, 0) is 40.2 Å². The van der Waals surface area contributed by atoms with Gasteiger partial charge in [-0.15, -0.1) is 0 Å². The molecule has 0 fully saturated rings. The molecule has 3 aromatic rings. The number of hydrogen-bond donors (Lipinski definition) is 1. The minimum absolute atomic E-state index is 0.0321. The minimum atomic E-state index is -0.496. The molecule has 9 heteroatoms. The third-order valence-electron chi connectivity index (χ3n) is 3.35. The number of fused-ring (bicyclic) bond motifs is 1. The Kier molecular flexibility index (Phi) is 4.94. The minimum Gasteiger partial charge on any atom is -0.484 e. The average molecular weight is 405 g/mol. The average Bonchev–Trinajstić information content (AvgIpc) is 3.00. The first-order valence-electron chi connectivity index (χ1n) is 7.28. The molecule has 0 aliphatic heterocycles.